The lowest BCUT2D eigenvalue weighted by Gasteiger charge is -2.10. The lowest BCUT2D eigenvalue weighted by atomic mass is 10.2. The molecule has 0 radical (unpaired) electrons. The van der Waals surface area contributed by atoms with E-state index in [0.717, 1.165) is 0 Å². The molecule has 0 N–H and O–H groups in total. The van der Waals surface area contributed by atoms with Crippen molar-refractivity contribution in [3.05, 3.63) is 64.3 Å². The van der Waals surface area contributed by atoms with Crippen molar-refractivity contribution in [1.29, 1.82) is 0 Å². The minimum Gasteiger partial charge on any atom is -0.377 e. The van der Waals surface area contributed by atoms with Gasteiger partial charge >= 0.3 is 10.1 Å². The highest BCUT2D eigenvalue weighted by atomic mass is 35.5. The molecule has 0 atom stereocenters. The number of hydrogen-bond acceptors (Lipinski definition) is 4. The summed E-state index contributed by atoms with van der Waals surface area (Å²) in [6, 6.07) is 10.9. The van der Waals surface area contributed by atoms with Gasteiger partial charge in [0.25, 0.3) is 0 Å². The number of nitrogens with zero attached hydrogens (tertiary/aromatic N) is 1. The van der Waals surface area contributed by atoms with Gasteiger partial charge in [-0.1, -0.05) is 23.2 Å². The molecule has 0 saturated carbocycles. The van der Waals surface area contributed by atoms with Gasteiger partial charge in [-0.3, -0.25) is 4.98 Å². The molecule has 7 heteroatoms. The number of fused-ring (bicyclic) bond motifs is 1. The molecule has 2 aromatic carbocycles. The van der Waals surface area contributed by atoms with Crippen molar-refractivity contribution in [2.24, 2.45) is 0 Å². The maximum atomic E-state index is 12.5. The molecule has 0 aliphatic rings. The summed E-state index contributed by atoms with van der Waals surface area (Å²) in [6.45, 7) is 1.72. The summed E-state index contributed by atoms with van der Waals surface area (Å²) < 4.78 is 30.2. The van der Waals surface area contributed by atoms with Crippen molar-refractivity contribution in [3.8, 4) is 5.75 Å². The fraction of sp³-hybridized carbons (Fsp3) is 0.0625. The van der Waals surface area contributed by atoms with Gasteiger partial charge in [-0.05, 0) is 55.0 Å². The van der Waals surface area contributed by atoms with E-state index in [9.17, 15) is 8.42 Å². The molecule has 4 nitrogen and oxygen atoms in total. The van der Waals surface area contributed by atoms with Crippen LogP contribution in [-0.4, -0.2) is 13.4 Å². The van der Waals surface area contributed by atoms with Crippen molar-refractivity contribution in [1.82, 2.24) is 4.98 Å². The van der Waals surface area contributed by atoms with Crippen LogP contribution in [-0.2, 0) is 10.1 Å². The Morgan fingerprint density at radius 2 is 1.78 bits per heavy atom. The second kappa shape index (κ2) is 6.00. The van der Waals surface area contributed by atoms with E-state index >= 15 is 0 Å². The summed E-state index contributed by atoms with van der Waals surface area (Å²) in [6.07, 6.45) is 1.55. The van der Waals surface area contributed by atoms with Crippen molar-refractivity contribution >= 4 is 44.2 Å². The van der Waals surface area contributed by atoms with Crippen LogP contribution in [0.3, 0.4) is 0 Å². The summed E-state index contributed by atoms with van der Waals surface area (Å²) >= 11 is 12.0. The second-order valence-electron chi connectivity index (χ2n) is 4.89. The number of pyridine rings is 1. The normalized spacial score (nSPS) is 11.6. The third kappa shape index (κ3) is 3.13. The molecular formula is C16H11Cl2NO3S. The number of aromatic nitrogens is 1. The van der Waals surface area contributed by atoms with Gasteiger partial charge in [0.1, 0.15) is 10.4 Å². The van der Waals surface area contributed by atoms with Crippen LogP contribution >= 0.6 is 23.2 Å². The quantitative estimate of drug-likeness (QED) is 0.633. The van der Waals surface area contributed by atoms with Crippen LogP contribution in [0.1, 0.15) is 5.56 Å². The van der Waals surface area contributed by atoms with E-state index in [2.05, 4.69) is 4.98 Å². The Bertz CT molecular complexity index is 1000. The molecule has 0 aliphatic carbocycles. The molecule has 0 spiro atoms. The van der Waals surface area contributed by atoms with Gasteiger partial charge in [-0.15, -0.1) is 0 Å². The highest BCUT2D eigenvalue weighted by molar-refractivity contribution is 7.87. The monoisotopic (exact) mass is 367 g/mol. The van der Waals surface area contributed by atoms with Gasteiger partial charge in [-0.2, -0.15) is 8.42 Å². The Balaban J connectivity index is 2.07. The predicted molar refractivity (Wildman–Crippen MR) is 90.8 cm³/mol. The standard InChI is InChI=1S/C16H11Cl2NO3S/c1-10-9-11(4-5-13(10)17)23(20,21)22-15-7-6-14(18)12-3-2-8-19-16(12)15/h2-9H,1H3. The molecule has 0 aliphatic heterocycles. The maximum absolute atomic E-state index is 12.5. The Hall–Kier alpha value is -1.82. The van der Waals surface area contributed by atoms with Crippen LogP contribution in [0.2, 0.25) is 10.0 Å². The topological polar surface area (TPSA) is 56.3 Å². The minimum absolute atomic E-state index is 0.0263. The van der Waals surface area contributed by atoms with E-state index in [1.807, 2.05) is 0 Å². The van der Waals surface area contributed by atoms with Crippen LogP contribution in [0.4, 0.5) is 0 Å². The van der Waals surface area contributed by atoms with Crippen LogP contribution in [0.15, 0.2) is 53.6 Å². The molecular weight excluding hydrogens is 357 g/mol. The molecule has 3 rings (SSSR count). The number of halogens is 2. The smallest absolute Gasteiger partial charge is 0.339 e. The first-order valence-electron chi connectivity index (χ1n) is 6.62. The fourth-order valence-electron chi connectivity index (χ4n) is 2.12. The molecule has 118 valence electrons. The van der Waals surface area contributed by atoms with Gasteiger partial charge in [-0.25, -0.2) is 0 Å². The van der Waals surface area contributed by atoms with Crippen molar-refractivity contribution in [2.75, 3.05) is 0 Å². The van der Waals surface area contributed by atoms with Crippen LogP contribution in [0.5, 0.6) is 5.75 Å². The first kappa shape index (κ1) is 16.1. The summed E-state index contributed by atoms with van der Waals surface area (Å²) in [5, 5.41) is 1.58. The van der Waals surface area contributed by atoms with Gasteiger partial charge in [0.15, 0.2) is 5.75 Å². The molecule has 0 unspecified atom stereocenters. The molecule has 23 heavy (non-hydrogen) atoms. The fourth-order valence-corrected chi connectivity index (χ4v) is 3.47. The Labute approximate surface area is 143 Å². The first-order valence-corrected chi connectivity index (χ1v) is 8.79. The number of rotatable bonds is 3. The lowest BCUT2D eigenvalue weighted by molar-refractivity contribution is 0.488. The summed E-state index contributed by atoms with van der Waals surface area (Å²) in [4.78, 5) is 4.18. The Kier molecular flexibility index (Phi) is 4.19. The molecule has 0 bridgehead atoms. The van der Waals surface area contributed by atoms with E-state index in [0.29, 0.717) is 26.5 Å². The first-order chi connectivity index (χ1) is 10.9. The molecule has 3 aromatic rings. The zero-order valence-corrected chi connectivity index (χ0v) is 14.3. The van der Waals surface area contributed by atoms with Gasteiger partial charge in [0.2, 0.25) is 0 Å². The molecule has 0 amide bonds. The van der Waals surface area contributed by atoms with E-state index in [1.165, 1.54) is 24.3 Å². The second-order valence-corrected chi connectivity index (χ2v) is 7.25. The molecule has 1 aromatic heterocycles. The van der Waals surface area contributed by atoms with Crippen molar-refractivity contribution in [3.63, 3.8) is 0 Å². The number of aryl methyl sites for hydroxylation is 1. The predicted octanol–water partition coefficient (Wildman–Crippen LogP) is 4.62. The maximum Gasteiger partial charge on any atom is 0.339 e. The summed E-state index contributed by atoms with van der Waals surface area (Å²) in [5.41, 5.74) is 1.03. The highest BCUT2D eigenvalue weighted by Crippen LogP contribution is 2.31. The average Bonchev–Trinajstić information content (AvgIpc) is 2.53. The lowest BCUT2D eigenvalue weighted by Crippen LogP contribution is -2.10. The van der Waals surface area contributed by atoms with Crippen LogP contribution < -0.4 is 4.18 Å². The largest absolute Gasteiger partial charge is 0.377 e. The third-order valence-electron chi connectivity index (χ3n) is 3.30. The zero-order chi connectivity index (χ0) is 16.6. The average molecular weight is 368 g/mol. The summed E-state index contributed by atoms with van der Waals surface area (Å²) in [5.74, 6) is 0.123. The molecule has 0 fully saturated rings. The van der Waals surface area contributed by atoms with Gasteiger partial charge < -0.3 is 4.18 Å². The van der Waals surface area contributed by atoms with Gasteiger partial charge in [0, 0.05) is 16.6 Å². The van der Waals surface area contributed by atoms with E-state index < -0.39 is 10.1 Å². The Morgan fingerprint density at radius 3 is 2.52 bits per heavy atom. The third-order valence-corrected chi connectivity index (χ3v) is 5.28. The number of hydrogen-bond donors (Lipinski definition) is 0. The summed E-state index contributed by atoms with van der Waals surface area (Å²) in [7, 11) is -4.00. The van der Waals surface area contributed by atoms with E-state index in [1.54, 1.807) is 31.3 Å². The van der Waals surface area contributed by atoms with E-state index in [-0.39, 0.29) is 10.6 Å². The van der Waals surface area contributed by atoms with Crippen LogP contribution in [0, 0.1) is 6.92 Å². The zero-order valence-electron chi connectivity index (χ0n) is 12.0. The van der Waals surface area contributed by atoms with Crippen molar-refractivity contribution in [2.45, 2.75) is 11.8 Å². The number of benzene rings is 2. The van der Waals surface area contributed by atoms with E-state index in [4.69, 9.17) is 27.4 Å². The SMILES string of the molecule is Cc1cc(S(=O)(=O)Oc2ccc(Cl)c3cccnc23)ccc1Cl. The molecule has 1 heterocycles. The highest BCUT2D eigenvalue weighted by Gasteiger charge is 2.19. The van der Waals surface area contributed by atoms with Crippen LogP contribution in [0.25, 0.3) is 10.9 Å². The minimum atomic E-state index is -4.00. The Morgan fingerprint density at radius 1 is 1.04 bits per heavy atom. The molecule has 0 saturated heterocycles. The van der Waals surface area contributed by atoms with Crippen molar-refractivity contribution < 1.29 is 12.6 Å². The van der Waals surface area contributed by atoms with Gasteiger partial charge in [0.05, 0.1) is 5.02 Å².